The van der Waals surface area contributed by atoms with Gasteiger partial charge in [-0.2, -0.15) is 0 Å². The minimum atomic E-state index is -0.556. The van der Waals surface area contributed by atoms with E-state index in [0.29, 0.717) is 13.0 Å². The minimum absolute atomic E-state index is 0.196. The number of aliphatic hydroxyl groups excluding tert-OH is 1. The van der Waals surface area contributed by atoms with E-state index in [2.05, 4.69) is 98.9 Å². The Kier molecular flexibility index (Phi) is 30.8. The molecule has 1 N–H and O–H groups in total. The summed E-state index contributed by atoms with van der Waals surface area (Å²) in [5.74, 6) is -0.240. The van der Waals surface area contributed by atoms with Crippen molar-refractivity contribution >= 4 is 5.97 Å². The topological polar surface area (TPSA) is 55.8 Å². The standard InChI is InChI=1S/C36H58O4/c1-3-5-7-9-10-11-12-13-14-15-16-17-18-19-20-21-22-23-24-25-26-27-28-30-32-39-34-35(33-37)40-36(38)31-29-8-6-4-2/h5,7,10-11,13-14,16-17,19-20,22-23,25-26,35,37H,3-4,6,8-9,12,15,18,21,24,27-34H2,1-2H3/b7-5-,11-10-,14-13-,17-16-,20-19-,23-22-,26-25-. The van der Waals surface area contributed by atoms with Crippen LogP contribution in [0.2, 0.25) is 0 Å². The minimum Gasteiger partial charge on any atom is -0.457 e. The van der Waals surface area contributed by atoms with Gasteiger partial charge in [0.2, 0.25) is 0 Å². The normalized spacial score (nSPS) is 13.6. The van der Waals surface area contributed by atoms with E-state index >= 15 is 0 Å². The molecule has 0 spiro atoms. The first-order valence-electron chi connectivity index (χ1n) is 15.7. The van der Waals surface area contributed by atoms with Gasteiger partial charge in [-0.05, 0) is 70.6 Å². The highest BCUT2D eigenvalue weighted by molar-refractivity contribution is 5.69. The molecular weight excluding hydrogens is 496 g/mol. The highest BCUT2D eigenvalue weighted by Crippen LogP contribution is 2.06. The number of hydrogen-bond acceptors (Lipinski definition) is 4. The molecule has 0 radical (unpaired) electrons. The smallest absolute Gasteiger partial charge is 0.306 e. The number of unbranched alkanes of at least 4 members (excludes halogenated alkanes) is 5. The molecule has 226 valence electrons. The van der Waals surface area contributed by atoms with Crippen molar-refractivity contribution in [2.75, 3.05) is 19.8 Å². The molecule has 0 fully saturated rings. The van der Waals surface area contributed by atoms with Crippen molar-refractivity contribution in [2.24, 2.45) is 0 Å². The maximum absolute atomic E-state index is 11.8. The summed E-state index contributed by atoms with van der Waals surface area (Å²) >= 11 is 0. The second-order valence-electron chi connectivity index (χ2n) is 9.80. The molecule has 4 nitrogen and oxygen atoms in total. The van der Waals surface area contributed by atoms with Gasteiger partial charge < -0.3 is 14.6 Å². The Morgan fingerprint density at radius 3 is 1.60 bits per heavy atom. The lowest BCUT2D eigenvalue weighted by atomic mass is 10.1. The average Bonchev–Trinajstić information content (AvgIpc) is 2.96. The average molecular weight is 555 g/mol. The van der Waals surface area contributed by atoms with E-state index in [4.69, 9.17) is 9.47 Å². The fourth-order valence-corrected chi connectivity index (χ4v) is 3.66. The van der Waals surface area contributed by atoms with Crippen LogP contribution in [-0.4, -0.2) is 37.0 Å². The molecule has 0 saturated heterocycles. The van der Waals surface area contributed by atoms with Crippen LogP contribution in [0.4, 0.5) is 0 Å². The van der Waals surface area contributed by atoms with Gasteiger partial charge in [0, 0.05) is 13.0 Å². The Bertz CT molecular complexity index is 755. The second-order valence-corrected chi connectivity index (χ2v) is 9.80. The van der Waals surface area contributed by atoms with E-state index in [1.54, 1.807) is 0 Å². The van der Waals surface area contributed by atoms with Crippen LogP contribution in [0.5, 0.6) is 0 Å². The van der Waals surface area contributed by atoms with Gasteiger partial charge in [-0.1, -0.05) is 118 Å². The summed E-state index contributed by atoms with van der Waals surface area (Å²) in [7, 11) is 0. The zero-order chi connectivity index (χ0) is 29.2. The zero-order valence-corrected chi connectivity index (χ0v) is 25.6. The Hall–Kier alpha value is -2.43. The lowest BCUT2D eigenvalue weighted by molar-refractivity contribution is -0.154. The zero-order valence-electron chi connectivity index (χ0n) is 25.6. The van der Waals surface area contributed by atoms with Gasteiger partial charge in [-0.25, -0.2) is 0 Å². The van der Waals surface area contributed by atoms with Crippen LogP contribution < -0.4 is 0 Å². The van der Waals surface area contributed by atoms with E-state index in [9.17, 15) is 9.90 Å². The molecular formula is C36H58O4. The largest absolute Gasteiger partial charge is 0.457 e. The molecule has 1 unspecified atom stereocenters. The molecule has 0 aliphatic heterocycles. The molecule has 0 heterocycles. The van der Waals surface area contributed by atoms with Crippen molar-refractivity contribution < 1.29 is 19.4 Å². The monoisotopic (exact) mass is 554 g/mol. The van der Waals surface area contributed by atoms with Crippen LogP contribution in [-0.2, 0) is 14.3 Å². The number of rotatable bonds is 27. The Morgan fingerprint density at radius 1 is 0.625 bits per heavy atom. The maximum Gasteiger partial charge on any atom is 0.306 e. The van der Waals surface area contributed by atoms with Crippen molar-refractivity contribution in [3.05, 3.63) is 85.1 Å². The SMILES string of the molecule is CC/C=C\C/C=C\C/C=C\C/C=C\C/C=C\C/C=C\C/C=C\CCCCOCC(CO)OC(=O)CCCCCC. The molecule has 0 aliphatic carbocycles. The maximum atomic E-state index is 11.8. The summed E-state index contributed by atoms with van der Waals surface area (Å²) in [5.41, 5.74) is 0. The fraction of sp³-hybridized carbons (Fsp3) is 0.583. The first-order chi connectivity index (χ1) is 19.7. The summed E-state index contributed by atoms with van der Waals surface area (Å²) in [4.78, 5) is 11.8. The quantitative estimate of drug-likeness (QED) is 0.0624. The molecule has 0 amide bonds. The van der Waals surface area contributed by atoms with Gasteiger partial charge in [0.05, 0.1) is 13.2 Å². The van der Waals surface area contributed by atoms with Crippen LogP contribution in [0.3, 0.4) is 0 Å². The predicted molar refractivity (Wildman–Crippen MR) is 172 cm³/mol. The third-order valence-electron chi connectivity index (χ3n) is 5.98. The van der Waals surface area contributed by atoms with Crippen LogP contribution in [0.15, 0.2) is 85.1 Å². The van der Waals surface area contributed by atoms with Gasteiger partial charge in [0.1, 0.15) is 6.10 Å². The molecule has 40 heavy (non-hydrogen) atoms. The summed E-state index contributed by atoms with van der Waals surface area (Å²) < 4.78 is 10.9. The van der Waals surface area contributed by atoms with E-state index in [0.717, 1.165) is 89.9 Å². The number of aliphatic hydroxyl groups is 1. The molecule has 4 heteroatoms. The number of hydrogen-bond donors (Lipinski definition) is 1. The molecule has 0 aromatic carbocycles. The first-order valence-corrected chi connectivity index (χ1v) is 15.7. The summed E-state index contributed by atoms with van der Waals surface area (Å²) in [6, 6.07) is 0. The third kappa shape index (κ3) is 30.1. The highest BCUT2D eigenvalue weighted by Gasteiger charge is 2.13. The van der Waals surface area contributed by atoms with Gasteiger partial charge in [0.15, 0.2) is 0 Å². The van der Waals surface area contributed by atoms with Crippen molar-refractivity contribution in [2.45, 2.75) is 116 Å². The van der Waals surface area contributed by atoms with Crippen molar-refractivity contribution in [3.8, 4) is 0 Å². The molecule has 0 aromatic rings. The molecule has 0 bridgehead atoms. The second kappa shape index (κ2) is 32.8. The Labute approximate surface area is 246 Å². The van der Waals surface area contributed by atoms with Gasteiger partial charge in [0.25, 0.3) is 0 Å². The molecule has 0 saturated carbocycles. The van der Waals surface area contributed by atoms with Crippen LogP contribution in [0, 0.1) is 0 Å². The van der Waals surface area contributed by atoms with E-state index < -0.39 is 6.10 Å². The van der Waals surface area contributed by atoms with Gasteiger partial charge in [-0.15, -0.1) is 0 Å². The Morgan fingerprint density at radius 2 is 1.12 bits per heavy atom. The van der Waals surface area contributed by atoms with E-state index in [1.165, 1.54) is 0 Å². The van der Waals surface area contributed by atoms with Crippen LogP contribution in [0.1, 0.15) is 110 Å². The molecule has 0 rings (SSSR count). The predicted octanol–water partition coefficient (Wildman–Crippen LogP) is 9.69. The summed E-state index contributed by atoms with van der Waals surface area (Å²) in [5, 5.41) is 9.39. The van der Waals surface area contributed by atoms with Crippen LogP contribution >= 0.6 is 0 Å². The molecule has 0 aromatic heterocycles. The third-order valence-corrected chi connectivity index (χ3v) is 5.98. The number of allylic oxidation sites excluding steroid dienone is 14. The number of carbonyl (C=O) groups is 1. The number of carbonyl (C=O) groups excluding carboxylic acids is 1. The number of ether oxygens (including phenoxy) is 2. The summed E-state index contributed by atoms with van der Waals surface area (Å²) in [6.45, 7) is 4.98. The van der Waals surface area contributed by atoms with Crippen molar-refractivity contribution in [3.63, 3.8) is 0 Å². The van der Waals surface area contributed by atoms with Gasteiger partial charge >= 0.3 is 5.97 Å². The highest BCUT2D eigenvalue weighted by atomic mass is 16.6. The first kappa shape index (κ1) is 37.6. The molecule has 1 atom stereocenters. The Balaban J connectivity index is 3.61. The van der Waals surface area contributed by atoms with Crippen molar-refractivity contribution in [1.29, 1.82) is 0 Å². The van der Waals surface area contributed by atoms with E-state index in [1.807, 2.05) is 0 Å². The van der Waals surface area contributed by atoms with Crippen LogP contribution in [0.25, 0.3) is 0 Å². The lowest BCUT2D eigenvalue weighted by Crippen LogP contribution is -2.27. The summed E-state index contributed by atoms with van der Waals surface area (Å²) in [6.07, 6.45) is 45.2. The lowest BCUT2D eigenvalue weighted by Gasteiger charge is -2.15. The fourth-order valence-electron chi connectivity index (χ4n) is 3.66. The number of esters is 1. The van der Waals surface area contributed by atoms with Crippen molar-refractivity contribution in [1.82, 2.24) is 0 Å². The van der Waals surface area contributed by atoms with E-state index in [-0.39, 0.29) is 19.2 Å². The molecule has 0 aliphatic rings. The van der Waals surface area contributed by atoms with Gasteiger partial charge in [-0.3, -0.25) is 4.79 Å².